The summed E-state index contributed by atoms with van der Waals surface area (Å²) in [4.78, 5) is 18.9. The monoisotopic (exact) mass is 563 g/mol. The maximum absolute atomic E-state index is 14.7. The first kappa shape index (κ1) is 28.0. The summed E-state index contributed by atoms with van der Waals surface area (Å²) in [5.41, 5.74) is 6.88. The smallest absolute Gasteiger partial charge is 0.410 e. The molecule has 0 radical (unpaired) electrons. The van der Waals surface area contributed by atoms with Crippen molar-refractivity contribution < 1.29 is 28.1 Å². The van der Waals surface area contributed by atoms with E-state index in [1.165, 1.54) is 12.1 Å². The molecule has 1 atom stereocenters. The largest absolute Gasteiger partial charge is 0.497 e. The van der Waals surface area contributed by atoms with E-state index >= 15 is 0 Å². The van der Waals surface area contributed by atoms with Gasteiger partial charge in [0.1, 0.15) is 28.6 Å². The molecule has 1 saturated heterocycles. The van der Waals surface area contributed by atoms with Crippen molar-refractivity contribution in [1.82, 2.24) is 19.7 Å². The van der Waals surface area contributed by atoms with E-state index in [1.807, 2.05) is 45.0 Å². The lowest BCUT2D eigenvalue weighted by Gasteiger charge is -2.33. The number of hydrogen-bond donors (Lipinski definition) is 1. The molecule has 0 spiro atoms. The zero-order chi connectivity index (χ0) is 29.1. The number of ether oxygens (including phenoxy) is 4. The third kappa shape index (κ3) is 6.62. The minimum atomic E-state index is -0.601. The number of benzene rings is 2. The molecule has 2 aromatic heterocycles. The molecular formula is C30H34FN5O5. The number of likely N-dealkylation sites (tertiary alicyclic amines) is 1. The van der Waals surface area contributed by atoms with Crippen LogP contribution in [0.1, 0.15) is 39.2 Å². The van der Waals surface area contributed by atoms with E-state index in [4.69, 9.17) is 29.8 Å². The van der Waals surface area contributed by atoms with Gasteiger partial charge in [-0.3, -0.25) is 0 Å². The summed E-state index contributed by atoms with van der Waals surface area (Å²) in [6.07, 6.45) is 2.31. The third-order valence-electron chi connectivity index (χ3n) is 6.54. The molecule has 0 aliphatic carbocycles. The molecule has 41 heavy (non-hydrogen) atoms. The fraction of sp³-hybridized carbons (Fsp3) is 0.367. The van der Waals surface area contributed by atoms with Crippen LogP contribution in [0, 0.1) is 5.82 Å². The summed E-state index contributed by atoms with van der Waals surface area (Å²) in [5.74, 6) is 0.768. The van der Waals surface area contributed by atoms with Gasteiger partial charge < -0.3 is 29.6 Å². The lowest BCUT2D eigenvalue weighted by molar-refractivity contribution is 0.00731. The van der Waals surface area contributed by atoms with Crippen molar-refractivity contribution in [2.45, 2.75) is 51.9 Å². The van der Waals surface area contributed by atoms with Crippen molar-refractivity contribution in [3.05, 3.63) is 66.1 Å². The number of nitrogens with two attached hydrogens (primary N) is 1. The zero-order valence-electron chi connectivity index (χ0n) is 23.6. The molecule has 216 valence electrons. The summed E-state index contributed by atoms with van der Waals surface area (Å²) in [7, 11) is 1.62. The van der Waals surface area contributed by atoms with Gasteiger partial charge in [0.15, 0.2) is 17.2 Å². The van der Waals surface area contributed by atoms with Crippen LogP contribution in [-0.4, -0.2) is 57.7 Å². The number of nitrogen functional groups attached to an aromatic ring is 1. The van der Waals surface area contributed by atoms with Gasteiger partial charge in [0.2, 0.25) is 5.88 Å². The van der Waals surface area contributed by atoms with Gasteiger partial charge in [-0.15, -0.1) is 5.10 Å². The summed E-state index contributed by atoms with van der Waals surface area (Å²) in [5, 5.41) is 5.25. The van der Waals surface area contributed by atoms with E-state index in [-0.39, 0.29) is 29.5 Å². The van der Waals surface area contributed by atoms with Crippen LogP contribution in [0.5, 0.6) is 23.1 Å². The number of amides is 1. The minimum absolute atomic E-state index is 0.00863. The average molecular weight is 564 g/mol. The van der Waals surface area contributed by atoms with Gasteiger partial charge in [-0.05, 0) is 63.4 Å². The molecule has 1 aliphatic rings. The molecule has 5 rings (SSSR count). The van der Waals surface area contributed by atoms with Gasteiger partial charge in [-0.2, -0.15) is 0 Å². The van der Waals surface area contributed by atoms with Crippen molar-refractivity contribution in [1.29, 1.82) is 0 Å². The Morgan fingerprint density at radius 1 is 1.12 bits per heavy atom. The molecule has 1 unspecified atom stereocenters. The number of nitrogens with zero attached hydrogens (tertiary/aromatic N) is 4. The SMILES string of the molecule is COc1ccc(Cn2nc(OC3CCCN(C(=O)OC(C)(C)C)C3)c3c(Oc4ccc(N)cc4F)ccnc32)cc1. The first-order valence-corrected chi connectivity index (χ1v) is 13.5. The number of rotatable bonds is 7. The summed E-state index contributed by atoms with van der Waals surface area (Å²) < 4.78 is 39.7. The minimum Gasteiger partial charge on any atom is -0.497 e. The second-order valence-electron chi connectivity index (χ2n) is 10.9. The first-order valence-electron chi connectivity index (χ1n) is 13.5. The van der Waals surface area contributed by atoms with Crippen molar-refractivity contribution in [3.8, 4) is 23.1 Å². The number of pyridine rings is 1. The van der Waals surface area contributed by atoms with Crippen LogP contribution in [0.4, 0.5) is 14.9 Å². The summed E-state index contributed by atoms with van der Waals surface area (Å²) >= 11 is 0. The van der Waals surface area contributed by atoms with E-state index in [9.17, 15) is 9.18 Å². The Labute approximate surface area is 237 Å². The number of carbonyl (C=O) groups excluding carboxylic acids is 1. The Balaban J connectivity index is 1.48. The topological polar surface area (TPSA) is 114 Å². The summed E-state index contributed by atoms with van der Waals surface area (Å²) in [6.45, 7) is 6.82. The standard InChI is InChI=1S/C30H34FN5O5/c1-30(2,3)41-29(37)35-15-5-6-22(18-35)39-28-26-25(40-24-12-9-20(32)16-23(24)31)13-14-33-27(26)36(34-28)17-19-7-10-21(38-4)11-8-19/h7-14,16,22H,5-6,15,17-18,32H2,1-4H3. The molecule has 11 heteroatoms. The second-order valence-corrected chi connectivity index (χ2v) is 10.9. The van der Waals surface area contributed by atoms with Gasteiger partial charge in [-0.1, -0.05) is 12.1 Å². The molecule has 4 aromatic rings. The predicted octanol–water partition coefficient (Wildman–Crippen LogP) is 5.78. The maximum Gasteiger partial charge on any atom is 0.410 e. The second kappa shape index (κ2) is 11.5. The molecule has 2 aromatic carbocycles. The number of hydrogen-bond acceptors (Lipinski definition) is 8. The lowest BCUT2D eigenvalue weighted by Crippen LogP contribution is -2.46. The molecule has 2 N–H and O–H groups in total. The van der Waals surface area contributed by atoms with Crippen molar-refractivity contribution in [3.63, 3.8) is 0 Å². The van der Waals surface area contributed by atoms with Crippen LogP contribution in [-0.2, 0) is 11.3 Å². The van der Waals surface area contributed by atoms with Crippen molar-refractivity contribution in [2.24, 2.45) is 0 Å². The number of piperidine rings is 1. The number of anilines is 1. The average Bonchev–Trinajstić information content (AvgIpc) is 3.27. The molecule has 10 nitrogen and oxygen atoms in total. The zero-order valence-corrected chi connectivity index (χ0v) is 23.6. The Morgan fingerprint density at radius 2 is 1.90 bits per heavy atom. The van der Waals surface area contributed by atoms with Crippen LogP contribution >= 0.6 is 0 Å². The van der Waals surface area contributed by atoms with Crippen LogP contribution in [0.2, 0.25) is 0 Å². The molecule has 0 bridgehead atoms. The molecule has 1 aliphatic heterocycles. The van der Waals surface area contributed by atoms with Gasteiger partial charge in [-0.25, -0.2) is 18.9 Å². The highest BCUT2D eigenvalue weighted by molar-refractivity contribution is 5.88. The third-order valence-corrected chi connectivity index (χ3v) is 6.54. The Bertz CT molecular complexity index is 1530. The van der Waals surface area contributed by atoms with Gasteiger partial charge in [0.25, 0.3) is 0 Å². The number of halogens is 1. The summed E-state index contributed by atoms with van der Waals surface area (Å²) in [6, 6.07) is 13.5. The Morgan fingerprint density at radius 3 is 2.61 bits per heavy atom. The van der Waals surface area contributed by atoms with Crippen LogP contribution in [0.25, 0.3) is 11.0 Å². The number of aromatic nitrogens is 3. The van der Waals surface area contributed by atoms with E-state index in [0.717, 1.165) is 24.2 Å². The lowest BCUT2D eigenvalue weighted by atomic mass is 10.1. The quantitative estimate of drug-likeness (QED) is 0.282. The van der Waals surface area contributed by atoms with E-state index in [2.05, 4.69) is 4.98 Å². The fourth-order valence-electron chi connectivity index (χ4n) is 4.62. The molecule has 3 heterocycles. The molecular weight excluding hydrogens is 529 g/mol. The maximum atomic E-state index is 14.7. The van der Waals surface area contributed by atoms with Gasteiger partial charge >= 0.3 is 6.09 Å². The van der Waals surface area contributed by atoms with Crippen molar-refractivity contribution in [2.75, 3.05) is 25.9 Å². The highest BCUT2D eigenvalue weighted by atomic mass is 19.1. The number of fused-ring (bicyclic) bond motifs is 1. The van der Waals surface area contributed by atoms with E-state index in [1.54, 1.807) is 35.0 Å². The Hall–Kier alpha value is -4.54. The van der Waals surface area contributed by atoms with E-state index < -0.39 is 11.4 Å². The highest BCUT2D eigenvalue weighted by Crippen LogP contribution is 2.37. The number of carbonyl (C=O) groups is 1. The van der Waals surface area contributed by atoms with Gasteiger partial charge in [0, 0.05) is 30.6 Å². The predicted molar refractivity (Wildman–Crippen MR) is 152 cm³/mol. The van der Waals surface area contributed by atoms with Crippen LogP contribution in [0.3, 0.4) is 0 Å². The van der Waals surface area contributed by atoms with Crippen molar-refractivity contribution >= 4 is 22.8 Å². The number of methoxy groups -OCH3 is 1. The van der Waals surface area contributed by atoms with Gasteiger partial charge in [0.05, 0.1) is 20.2 Å². The van der Waals surface area contributed by atoms with Crippen LogP contribution in [0.15, 0.2) is 54.7 Å². The Kier molecular flexibility index (Phi) is 7.87. The molecule has 1 amide bonds. The van der Waals surface area contributed by atoms with Crippen LogP contribution < -0.4 is 19.9 Å². The molecule has 1 fully saturated rings. The highest BCUT2D eigenvalue weighted by Gasteiger charge is 2.30. The first-order chi connectivity index (χ1) is 19.6. The fourth-order valence-corrected chi connectivity index (χ4v) is 4.62. The molecule has 0 saturated carbocycles. The van der Waals surface area contributed by atoms with E-state index in [0.29, 0.717) is 36.4 Å². The normalized spacial score (nSPS) is 15.5.